The van der Waals surface area contributed by atoms with Crippen LogP contribution in [0.4, 0.5) is 10.7 Å². The lowest BCUT2D eigenvalue weighted by Gasteiger charge is -2.13. The summed E-state index contributed by atoms with van der Waals surface area (Å²) in [6.45, 7) is 3.83. The van der Waals surface area contributed by atoms with Gasteiger partial charge in [0.05, 0.1) is 17.2 Å². The fourth-order valence-corrected chi connectivity index (χ4v) is 3.77. The molecule has 0 unspecified atom stereocenters. The molecule has 2 rings (SSSR count). The van der Waals surface area contributed by atoms with E-state index in [9.17, 15) is 9.59 Å². The number of nitrogens with two attached hydrogens (primary N) is 1. The van der Waals surface area contributed by atoms with E-state index in [4.69, 9.17) is 10.5 Å². The minimum Gasteiger partial charge on any atom is -0.462 e. The zero-order valence-corrected chi connectivity index (χ0v) is 13.3. The number of thiophene rings is 1. The Morgan fingerprint density at radius 2 is 2.00 bits per heavy atom. The molecule has 0 bridgehead atoms. The van der Waals surface area contributed by atoms with Crippen LogP contribution < -0.4 is 11.1 Å². The predicted molar refractivity (Wildman–Crippen MR) is 85.2 cm³/mol. The summed E-state index contributed by atoms with van der Waals surface area (Å²) in [5, 5.41) is 4.05. The summed E-state index contributed by atoms with van der Waals surface area (Å²) in [5.41, 5.74) is 6.61. The van der Waals surface area contributed by atoms with Crippen LogP contribution in [0.5, 0.6) is 0 Å². The molecule has 21 heavy (non-hydrogen) atoms. The molecular formula is C15H22N2O3S. The first kappa shape index (κ1) is 15.8. The summed E-state index contributed by atoms with van der Waals surface area (Å²) in [5.74, 6) is -0.496. The molecule has 1 fully saturated rings. The second kappa shape index (κ2) is 6.93. The van der Waals surface area contributed by atoms with Gasteiger partial charge in [0.1, 0.15) is 10.6 Å². The predicted octanol–water partition coefficient (Wildman–Crippen LogP) is 3.45. The van der Waals surface area contributed by atoms with Crippen molar-refractivity contribution in [1.82, 2.24) is 0 Å². The summed E-state index contributed by atoms with van der Waals surface area (Å²) in [6, 6.07) is 0.348. The van der Waals surface area contributed by atoms with Crippen LogP contribution >= 0.6 is 11.3 Å². The minimum atomic E-state index is -0.457. The highest BCUT2D eigenvalue weighted by atomic mass is 32.1. The molecular weight excluding hydrogens is 288 g/mol. The van der Waals surface area contributed by atoms with E-state index in [1.165, 1.54) is 24.2 Å². The fourth-order valence-electron chi connectivity index (χ4n) is 2.57. The van der Waals surface area contributed by atoms with Crippen LogP contribution in [0.1, 0.15) is 66.0 Å². The van der Waals surface area contributed by atoms with Crippen LogP contribution in [0.25, 0.3) is 0 Å². The van der Waals surface area contributed by atoms with Gasteiger partial charge in [-0.3, -0.25) is 4.79 Å². The van der Waals surface area contributed by atoms with Gasteiger partial charge in [-0.15, -0.1) is 11.3 Å². The molecule has 1 aromatic heterocycles. The Hall–Kier alpha value is -1.56. The lowest BCUT2D eigenvalue weighted by atomic mass is 10.1. The molecule has 1 saturated carbocycles. The van der Waals surface area contributed by atoms with Crippen molar-refractivity contribution in [3.05, 3.63) is 10.4 Å². The summed E-state index contributed by atoms with van der Waals surface area (Å²) in [7, 11) is 0. The van der Waals surface area contributed by atoms with Gasteiger partial charge in [0.15, 0.2) is 5.78 Å². The second-order valence-electron chi connectivity index (χ2n) is 5.17. The molecule has 1 aromatic rings. The average molecular weight is 310 g/mol. The standard InChI is InChI=1S/C15H22N2O3S/c1-3-10(18)13-12(16)11(15(19)20-4-2)14(21-13)17-9-7-5-6-8-9/h9,17H,3-8,16H2,1-2H3. The summed E-state index contributed by atoms with van der Waals surface area (Å²) in [6.07, 6.45) is 4.91. The lowest BCUT2D eigenvalue weighted by molar-refractivity contribution is 0.0529. The number of anilines is 2. The van der Waals surface area contributed by atoms with Crippen LogP contribution in [0, 0.1) is 0 Å². The van der Waals surface area contributed by atoms with Crippen molar-refractivity contribution in [2.75, 3.05) is 17.7 Å². The Labute approximate surface area is 128 Å². The Kier molecular flexibility index (Phi) is 5.22. The van der Waals surface area contributed by atoms with Crippen LogP contribution in [-0.2, 0) is 4.74 Å². The molecule has 6 heteroatoms. The Morgan fingerprint density at radius 3 is 2.57 bits per heavy atom. The van der Waals surface area contributed by atoms with E-state index in [0.29, 0.717) is 27.9 Å². The van der Waals surface area contributed by atoms with Crippen molar-refractivity contribution in [3.8, 4) is 0 Å². The quantitative estimate of drug-likeness (QED) is 0.621. The smallest absolute Gasteiger partial charge is 0.343 e. The van der Waals surface area contributed by atoms with E-state index < -0.39 is 5.97 Å². The van der Waals surface area contributed by atoms with Crippen molar-refractivity contribution in [2.24, 2.45) is 0 Å². The number of nitrogen functional groups attached to an aromatic ring is 1. The fraction of sp³-hybridized carbons (Fsp3) is 0.600. The van der Waals surface area contributed by atoms with E-state index >= 15 is 0 Å². The van der Waals surface area contributed by atoms with Crippen LogP contribution in [0.2, 0.25) is 0 Å². The first-order valence-electron chi connectivity index (χ1n) is 7.47. The zero-order chi connectivity index (χ0) is 15.4. The van der Waals surface area contributed by atoms with Gasteiger partial charge in [-0.2, -0.15) is 0 Å². The van der Waals surface area contributed by atoms with Gasteiger partial charge in [-0.25, -0.2) is 4.79 Å². The monoisotopic (exact) mass is 310 g/mol. The van der Waals surface area contributed by atoms with Crippen LogP contribution in [-0.4, -0.2) is 24.4 Å². The summed E-state index contributed by atoms with van der Waals surface area (Å²) < 4.78 is 5.08. The third-order valence-corrected chi connectivity index (χ3v) is 4.87. The molecule has 1 heterocycles. The van der Waals surface area contributed by atoms with Crippen molar-refractivity contribution in [2.45, 2.75) is 52.0 Å². The average Bonchev–Trinajstić information content (AvgIpc) is 3.07. The number of esters is 1. The lowest BCUT2D eigenvalue weighted by Crippen LogP contribution is -2.17. The number of ketones is 1. The molecule has 0 aromatic carbocycles. The molecule has 0 amide bonds. The van der Waals surface area contributed by atoms with Crippen LogP contribution in [0.15, 0.2) is 0 Å². The normalized spacial score (nSPS) is 15.1. The number of hydrogen-bond acceptors (Lipinski definition) is 6. The van der Waals surface area contributed by atoms with E-state index in [1.807, 2.05) is 0 Å². The van der Waals surface area contributed by atoms with E-state index in [-0.39, 0.29) is 18.1 Å². The van der Waals surface area contributed by atoms with Gasteiger partial charge in [0.2, 0.25) is 0 Å². The first-order chi connectivity index (χ1) is 10.1. The molecule has 5 nitrogen and oxygen atoms in total. The van der Waals surface area contributed by atoms with Gasteiger partial charge in [-0.05, 0) is 19.8 Å². The maximum Gasteiger partial charge on any atom is 0.343 e. The Morgan fingerprint density at radius 1 is 1.33 bits per heavy atom. The van der Waals surface area contributed by atoms with E-state index in [1.54, 1.807) is 13.8 Å². The molecule has 116 valence electrons. The van der Waals surface area contributed by atoms with Gasteiger partial charge in [0.25, 0.3) is 0 Å². The Bertz CT molecular complexity index is 533. The van der Waals surface area contributed by atoms with Gasteiger partial charge in [0, 0.05) is 12.5 Å². The van der Waals surface area contributed by atoms with E-state index in [2.05, 4.69) is 5.32 Å². The summed E-state index contributed by atoms with van der Waals surface area (Å²) in [4.78, 5) is 24.6. The number of hydrogen-bond donors (Lipinski definition) is 2. The molecule has 0 radical (unpaired) electrons. The third kappa shape index (κ3) is 3.37. The maximum absolute atomic E-state index is 12.1. The van der Waals surface area contributed by atoms with Crippen molar-refractivity contribution >= 4 is 33.8 Å². The molecule has 1 aliphatic carbocycles. The van der Waals surface area contributed by atoms with Crippen molar-refractivity contribution < 1.29 is 14.3 Å². The number of Topliss-reactive ketones (excluding diaryl/α,β-unsaturated/α-hetero) is 1. The maximum atomic E-state index is 12.1. The number of carbonyl (C=O) groups is 2. The third-order valence-electron chi connectivity index (χ3n) is 3.69. The van der Waals surface area contributed by atoms with E-state index in [0.717, 1.165) is 12.8 Å². The SMILES string of the molecule is CCOC(=O)c1c(NC2CCCC2)sc(C(=O)CC)c1N. The number of carbonyl (C=O) groups excluding carboxylic acids is 2. The molecule has 0 atom stereocenters. The van der Waals surface area contributed by atoms with Gasteiger partial charge in [-0.1, -0.05) is 19.8 Å². The van der Waals surface area contributed by atoms with Crippen LogP contribution in [0.3, 0.4) is 0 Å². The van der Waals surface area contributed by atoms with Crippen molar-refractivity contribution in [3.63, 3.8) is 0 Å². The largest absolute Gasteiger partial charge is 0.462 e. The van der Waals surface area contributed by atoms with Gasteiger partial charge < -0.3 is 15.8 Å². The number of ether oxygens (including phenoxy) is 1. The number of nitrogens with one attached hydrogen (secondary N) is 1. The molecule has 3 N–H and O–H groups in total. The Balaban J connectivity index is 2.35. The summed E-state index contributed by atoms with van der Waals surface area (Å²) >= 11 is 1.27. The number of rotatable bonds is 6. The molecule has 0 saturated heterocycles. The van der Waals surface area contributed by atoms with Gasteiger partial charge >= 0.3 is 5.97 Å². The topological polar surface area (TPSA) is 81.4 Å². The highest BCUT2D eigenvalue weighted by Crippen LogP contribution is 2.38. The second-order valence-corrected chi connectivity index (χ2v) is 6.19. The molecule has 1 aliphatic rings. The first-order valence-corrected chi connectivity index (χ1v) is 8.29. The van der Waals surface area contributed by atoms with Crippen molar-refractivity contribution in [1.29, 1.82) is 0 Å². The minimum absolute atomic E-state index is 0.0393. The highest BCUT2D eigenvalue weighted by Gasteiger charge is 2.27. The molecule has 0 aliphatic heterocycles. The molecule has 0 spiro atoms. The zero-order valence-electron chi connectivity index (χ0n) is 12.5. The highest BCUT2D eigenvalue weighted by molar-refractivity contribution is 7.19.